The molecule has 3 amide bonds. The van der Waals surface area contributed by atoms with Crippen LogP contribution in [0.4, 0.5) is 9.80 Å². The van der Waals surface area contributed by atoms with E-state index in [1.165, 1.54) is 11.3 Å². The Balaban J connectivity index is 1.85. The summed E-state index contributed by atoms with van der Waals surface area (Å²) in [5, 5.41) is 7.28. The van der Waals surface area contributed by atoms with Crippen LogP contribution in [0.5, 0.6) is 0 Å². The standard InChI is InChI=1S/C17H21N5O4S/c1-3-22-8-6-11(20-22)15(24)19-16-13(14(18)23)10-5-7-21(9-12(10)27-16)17(25)26-4-2/h6,8H,3-5,7,9H2,1-2H3,(H2,18,23)(H,19,24). The number of rotatable bonds is 5. The van der Waals surface area contributed by atoms with Crippen LogP contribution in [0.15, 0.2) is 12.3 Å². The zero-order chi connectivity index (χ0) is 19.6. The molecule has 27 heavy (non-hydrogen) atoms. The van der Waals surface area contributed by atoms with Crippen molar-refractivity contribution in [2.24, 2.45) is 5.73 Å². The van der Waals surface area contributed by atoms with Gasteiger partial charge in [-0.1, -0.05) is 0 Å². The number of aryl methyl sites for hydroxylation is 1. The third-order valence-corrected chi connectivity index (χ3v) is 5.39. The van der Waals surface area contributed by atoms with Crippen molar-refractivity contribution < 1.29 is 19.1 Å². The molecular formula is C17H21N5O4S. The maximum absolute atomic E-state index is 12.5. The van der Waals surface area contributed by atoms with Crippen molar-refractivity contribution in [3.05, 3.63) is 34.0 Å². The average molecular weight is 391 g/mol. The molecule has 0 saturated carbocycles. The van der Waals surface area contributed by atoms with E-state index in [1.54, 1.807) is 28.8 Å². The number of thiophene rings is 1. The molecule has 0 saturated heterocycles. The lowest BCUT2D eigenvalue weighted by molar-refractivity contribution is 0.0997. The fraction of sp³-hybridized carbons (Fsp3) is 0.412. The van der Waals surface area contributed by atoms with E-state index in [4.69, 9.17) is 10.5 Å². The summed E-state index contributed by atoms with van der Waals surface area (Å²) in [6, 6.07) is 1.61. The summed E-state index contributed by atoms with van der Waals surface area (Å²) in [5.74, 6) is -1.02. The van der Waals surface area contributed by atoms with Gasteiger partial charge in [-0.05, 0) is 31.9 Å². The molecule has 2 aromatic heterocycles. The third kappa shape index (κ3) is 3.80. The molecule has 0 unspecified atom stereocenters. The number of hydrogen-bond donors (Lipinski definition) is 2. The van der Waals surface area contributed by atoms with Gasteiger partial charge in [0.05, 0.1) is 18.7 Å². The molecular weight excluding hydrogens is 370 g/mol. The zero-order valence-corrected chi connectivity index (χ0v) is 16.0. The molecule has 3 heterocycles. The van der Waals surface area contributed by atoms with Crippen LogP contribution in [0.3, 0.4) is 0 Å². The number of carbonyl (C=O) groups excluding carboxylic acids is 3. The fourth-order valence-electron chi connectivity index (χ4n) is 2.95. The Morgan fingerprint density at radius 1 is 1.37 bits per heavy atom. The molecule has 0 bridgehead atoms. The average Bonchev–Trinajstić information content (AvgIpc) is 3.25. The van der Waals surface area contributed by atoms with E-state index in [1.807, 2.05) is 6.92 Å². The predicted molar refractivity (Wildman–Crippen MR) is 99.8 cm³/mol. The molecule has 3 rings (SSSR count). The van der Waals surface area contributed by atoms with Gasteiger partial charge >= 0.3 is 6.09 Å². The van der Waals surface area contributed by atoms with Gasteiger partial charge < -0.3 is 20.7 Å². The van der Waals surface area contributed by atoms with Crippen molar-refractivity contribution >= 4 is 34.2 Å². The second-order valence-corrected chi connectivity index (χ2v) is 7.06. The highest BCUT2D eigenvalue weighted by molar-refractivity contribution is 7.17. The van der Waals surface area contributed by atoms with Crippen molar-refractivity contribution in [1.82, 2.24) is 14.7 Å². The van der Waals surface area contributed by atoms with E-state index < -0.39 is 17.9 Å². The van der Waals surface area contributed by atoms with Crippen molar-refractivity contribution in [3.63, 3.8) is 0 Å². The largest absolute Gasteiger partial charge is 0.450 e. The highest BCUT2D eigenvalue weighted by atomic mass is 32.1. The van der Waals surface area contributed by atoms with Crippen LogP contribution in [-0.4, -0.2) is 45.7 Å². The van der Waals surface area contributed by atoms with Crippen molar-refractivity contribution in [1.29, 1.82) is 0 Å². The topological polar surface area (TPSA) is 120 Å². The monoisotopic (exact) mass is 391 g/mol. The first-order valence-electron chi connectivity index (χ1n) is 8.65. The summed E-state index contributed by atoms with van der Waals surface area (Å²) in [7, 11) is 0. The van der Waals surface area contributed by atoms with Crippen LogP contribution >= 0.6 is 11.3 Å². The summed E-state index contributed by atoms with van der Waals surface area (Å²) < 4.78 is 6.68. The molecule has 9 nitrogen and oxygen atoms in total. The predicted octanol–water partition coefficient (Wildman–Crippen LogP) is 1.83. The van der Waals surface area contributed by atoms with Crippen molar-refractivity contribution in [2.45, 2.75) is 33.4 Å². The lowest BCUT2D eigenvalue weighted by atomic mass is 10.0. The van der Waals surface area contributed by atoms with Gasteiger partial charge in [0.25, 0.3) is 11.8 Å². The van der Waals surface area contributed by atoms with E-state index in [2.05, 4.69) is 10.4 Å². The Bertz CT molecular complexity index is 888. The molecule has 0 spiro atoms. The summed E-state index contributed by atoms with van der Waals surface area (Å²) in [5.41, 5.74) is 6.90. The molecule has 10 heteroatoms. The van der Waals surface area contributed by atoms with Crippen LogP contribution < -0.4 is 11.1 Å². The number of fused-ring (bicyclic) bond motifs is 1. The third-order valence-electron chi connectivity index (χ3n) is 4.25. The number of aromatic nitrogens is 2. The Morgan fingerprint density at radius 2 is 2.15 bits per heavy atom. The number of nitrogens with two attached hydrogens (primary N) is 1. The molecule has 3 N–H and O–H groups in total. The van der Waals surface area contributed by atoms with E-state index in [-0.39, 0.29) is 5.69 Å². The quantitative estimate of drug-likeness (QED) is 0.806. The Kier molecular flexibility index (Phi) is 5.45. The van der Waals surface area contributed by atoms with E-state index >= 15 is 0 Å². The van der Waals surface area contributed by atoms with Crippen LogP contribution in [0.2, 0.25) is 0 Å². The van der Waals surface area contributed by atoms with Gasteiger partial charge in [0.1, 0.15) is 5.00 Å². The van der Waals surface area contributed by atoms with Crippen molar-refractivity contribution in [3.8, 4) is 0 Å². The molecule has 0 fully saturated rings. The number of carbonyl (C=O) groups is 3. The summed E-state index contributed by atoms with van der Waals surface area (Å²) in [4.78, 5) is 38.8. The van der Waals surface area contributed by atoms with Crippen LogP contribution in [-0.2, 0) is 24.2 Å². The van der Waals surface area contributed by atoms with E-state index in [9.17, 15) is 14.4 Å². The Hall–Kier alpha value is -2.88. The number of primary amides is 1. The minimum Gasteiger partial charge on any atom is -0.450 e. The maximum Gasteiger partial charge on any atom is 0.410 e. The molecule has 0 aromatic carbocycles. The molecule has 1 aliphatic heterocycles. The first-order valence-corrected chi connectivity index (χ1v) is 9.47. The molecule has 1 aliphatic rings. The number of nitrogens with one attached hydrogen (secondary N) is 1. The molecule has 0 aliphatic carbocycles. The second kappa shape index (κ2) is 7.78. The molecule has 144 valence electrons. The second-order valence-electron chi connectivity index (χ2n) is 5.95. The number of hydrogen-bond acceptors (Lipinski definition) is 6. The van der Waals surface area contributed by atoms with Crippen LogP contribution in [0.1, 0.15) is 45.1 Å². The smallest absolute Gasteiger partial charge is 0.410 e. The van der Waals surface area contributed by atoms with Crippen molar-refractivity contribution in [2.75, 3.05) is 18.5 Å². The van der Waals surface area contributed by atoms with Crippen LogP contribution in [0, 0.1) is 0 Å². The minimum atomic E-state index is -0.605. The normalized spacial score (nSPS) is 13.2. The summed E-state index contributed by atoms with van der Waals surface area (Å²) in [6.07, 6.45) is 1.79. The zero-order valence-electron chi connectivity index (χ0n) is 15.2. The van der Waals surface area contributed by atoms with Crippen LogP contribution in [0.25, 0.3) is 0 Å². The minimum absolute atomic E-state index is 0.256. The van der Waals surface area contributed by atoms with Gasteiger partial charge in [-0.3, -0.25) is 14.3 Å². The highest BCUT2D eigenvalue weighted by Crippen LogP contribution is 2.37. The Morgan fingerprint density at radius 3 is 2.78 bits per heavy atom. The van der Waals surface area contributed by atoms with E-state index in [0.717, 1.165) is 10.4 Å². The van der Waals surface area contributed by atoms with Gasteiger partial charge in [0, 0.05) is 24.2 Å². The van der Waals surface area contributed by atoms with Gasteiger partial charge in [-0.25, -0.2) is 4.79 Å². The summed E-state index contributed by atoms with van der Waals surface area (Å²) >= 11 is 1.25. The van der Waals surface area contributed by atoms with Gasteiger partial charge in [0.2, 0.25) is 0 Å². The number of anilines is 1. The number of amides is 3. The number of ether oxygens (including phenoxy) is 1. The lowest BCUT2D eigenvalue weighted by Crippen LogP contribution is -2.36. The number of nitrogens with zero attached hydrogens (tertiary/aromatic N) is 3. The molecule has 0 radical (unpaired) electrons. The molecule has 2 aromatic rings. The highest BCUT2D eigenvalue weighted by Gasteiger charge is 2.30. The van der Waals surface area contributed by atoms with Gasteiger partial charge in [-0.15, -0.1) is 11.3 Å². The van der Waals surface area contributed by atoms with Gasteiger partial charge in [-0.2, -0.15) is 5.10 Å². The first-order chi connectivity index (χ1) is 12.9. The first kappa shape index (κ1) is 18.9. The Labute approximate surface area is 160 Å². The van der Waals surface area contributed by atoms with E-state index in [0.29, 0.717) is 43.2 Å². The SMILES string of the molecule is CCOC(=O)N1CCc2c(sc(NC(=O)c3ccn(CC)n3)c2C(N)=O)C1. The summed E-state index contributed by atoms with van der Waals surface area (Å²) in [6.45, 7) is 5.36. The molecule has 0 atom stereocenters. The van der Waals surface area contributed by atoms with Gasteiger partial charge in [0.15, 0.2) is 5.69 Å². The fourth-order valence-corrected chi connectivity index (χ4v) is 4.21. The maximum atomic E-state index is 12.5. The lowest BCUT2D eigenvalue weighted by Gasteiger charge is -2.26.